The summed E-state index contributed by atoms with van der Waals surface area (Å²) >= 11 is 7.42. The molecule has 0 aliphatic heterocycles. The Morgan fingerprint density at radius 1 is 0.361 bits per heavy atom. The van der Waals surface area contributed by atoms with Crippen molar-refractivity contribution >= 4 is 188 Å². The van der Waals surface area contributed by atoms with Gasteiger partial charge in [0.1, 0.15) is 11.2 Å². The van der Waals surface area contributed by atoms with Crippen LogP contribution in [0.3, 0.4) is 0 Å². The van der Waals surface area contributed by atoms with Gasteiger partial charge in [0.25, 0.3) is 5.78 Å². The number of hydrogen-bond acceptors (Lipinski definition) is 7. The Labute approximate surface area is 427 Å². The van der Waals surface area contributed by atoms with Crippen LogP contribution in [0, 0.1) is 0 Å². The Bertz CT molecular complexity index is 4820. The normalized spacial score (nSPS) is 12.6. The molecule has 3 nitrogen and oxygen atoms in total. The molecule has 0 aliphatic carbocycles. The molecule has 0 amide bonds. The van der Waals surface area contributed by atoms with Crippen LogP contribution in [0.1, 0.15) is 16.7 Å². The summed E-state index contributed by atoms with van der Waals surface area (Å²) in [5.41, 5.74) is 9.73. The van der Waals surface area contributed by atoms with E-state index in [1.54, 1.807) is 0 Å². The number of allylic oxidation sites excluding steroid dienone is 1. The van der Waals surface area contributed by atoms with Crippen LogP contribution in [0.15, 0.2) is 215 Å². The lowest BCUT2D eigenvalue weighted by Gasteiger charge is -2.25. The van der Waals surface area contributed by atoms with Crippen molar-refractivity contribution in [2.45, 2.75) is 6.42 Å². The highest BCUT2D eigenvalue weighted by Crippen LogP contribution is 2.46. The van der Waals surface area contributed by atoms with Gasteiger partial charge in [-0.05, 0) is 114 Å². The topological polar surface area (TPSA) is 29.5 Å². The van der Waals surface area contributed by atoms with Gasteiger partial charge in [-0.15, -0.1) is 45.3 Å². The number of thiophene rings is 4. The SMILES string of the molecule is C(=C(\Cc1ccc2c(c1)oc1oc3ccc(N(c4ccc5c(c4)sc4ccccc45)c4ccc5c(c4)sc4ccccc45)cc3c12)c1ccc2c(c1)sc1ccccc12)/c1ccc2c(c1)sc1ccccc12. The minimum Gasteiger partial charge on any atom is -0.425 e. The molecule has 0 bridgehead atoms. The number of rotatable bonds is 7. The minimum atomic E-state index is 0.543. The lowest BCUT2D eigenvalue weighted by molar-refractivity contribution is 0.524. The van der Waals surface area contributed by atoms with Crippen LogP contribution in [0.2, 0.25) is 0 Å². The molecule has 0 saturated carbocycles. The fraction of sp³-hybridized carbons (Fsp3) is 0.0154. The third-order valence-corrected chi connectivity index (χ3v) is 19.1. The zero-order valence-corrected chi connectivity index (χ0v) is 41.6. The van der Waals surface area contributed by atoms with Crippen LogP contribution < -0.4 is 4.90 Å². The summed E-state index contributed by atoms with van der Waals surface area (Å²) in [5.74, 6) is 0.543. The largest absolute Gasteiger partial charge is 0.425 e. The molecule has 6 aromatic heterocycles. The molecule has 0 spiro atoms. The Balaban J connectivity index is 0.815. The molecule has 16 rings (SSSR count). The van der Waals surface area contributed by atoms with Crippen molar-refractivity contribution in [3.63, 3.8) is 0 Å². The summed E-state index contributed by atoms with van der Waals surface area (Å²) in [4.78, 5) is 2.40. The van der Waals surface area contributed by atoms with Crippen LogP contribution in [-0.2, 0) is 6.42 Å². The predicted octanol–water partition coefficient (Wildman–Crippen LogP) is 21.1. The van der Waals surface area contributed by atoms with E-state index in [4.69, 9.17) is 8.83 Å². The molecule has 0 saturated heterocycles. The van der Waals surface area contributed by atoms with Gasteiger partial charge in [-0.1, -0.05) is 127 Å². The van der Waals surface area contributed by atoms with E-state index in [2.05, 4.69) is 217 Å². The van der Waals surface area contributed by atoms with E-state index in [1.807, 2.05) is 45.3 Å². The van der Waals surface area contributed by atoms with Crippen molar-refractivity contribution < 1.29 is 8.83 Å². The van der Waals surface area contributed by atoms with Crippen molar-refractivity contribution in [3.8, 4) is 0 Å². The molecule has 0 unspecified atom stereocenters. The summed E-state index contributed by atoms with van der Waals surface area (Å²) in [6.45, 7) is 0. The molecule has 0 N–H and O–H groups in total. The molecule has 338 valence electrons. The number of furan rings is 2. The fourth-order valence-electron chi connectivity index (χ4n) is 11.2. The van der Waals surface area contributed by atoms with Crippen LogP contribution in [0.25, 0.3) is 125 Å². The molecule has 16 aromatic rings. The molecule has 6 heterocycles. The Kier molecular flexibility index (Phi) is 8.88. The van der Waals surface area contributed by atoms with Gasteiger partial charge in [0.05, 0.1) is 5.39 Å². The summed E-state index contributed by atoms with van der Waals surface area (Å²) in [6.07, 6.45) is 3.11. The molecular formula is C65H37NO2S4. The molecule has 0 atom stereocenters. The maximum Gasteiger partial charge on any atom is 0.299 e. The number of fused-ring (bicyclic) bond motifs is 17. The summed E-state index contributed by atoms with van der Waals surface area (Å²) in [5, 5.41) is 13.5. The van der Waals surface area contributed by atoms with Gasteiger partial charge in [0.2, 0.25) is 0 Å². The second kappa shape index (κ2) is 15.7. The van der Waals surface area contributed by atoms with Gasteiger partial charge in [0, 0.05) is 109 Å². The van der Waals surface area contributed by atoms with Gasteiger partial charge in [-0.3, -0.25) is 0 Å². The third kappa shape index (κ3) is 6.38. The smallest absolute Gasteiger partial charge is 0.299 e. The lowest BCUT2D eigenvalue weighted by atomic mass is 9.94. The first-order valence-corrected chi connectivity index (χ1v) is 27.4. The molecule has 0 fully saturated rings. The van der Waals surface area contributed by atoms with E-state index < -0.39 is 0 Å². The van der Waals surface area contributed by atoms with E-state index in [0.717, 1.165) is 50.8 Å². The quantitative estimate of drug-likeness (QED) is 0.149. The fourth-order valence-corrected chi connectivity index (χ4v) is 15.7. The minimum absolute atomic E-state index is 0.543. The summed E-state index contributed by atoms with van der Waals surface area (Å²) in [7, 11) is 0. The van der Waals surface area contributed by atoms with E-state index >= 15 is 0 Å². The zero-order valence-electron chi connectivity index (χ0n) is 38.3. The first kappa shape index (κ1) is 40.7. The Morgan fingerprint density at radius 3 is 1.42 bits per heavy atom. The lowest BCUT2D eigenvalue weighted by Crippen LogP contribution is -2.09. The van der Waals surface area contributed by atoms with Crippen molar-refractivity contribution in [3.05, 3.63) is 223 Å². The Morgan fingerprint density at radius 2 is 0.819 bits per heavy atom. The third-order valence-electron chi connectivity index (χ3n) is 14.5. The van der Waals surface area contributed by atoms with E-state index in [0.29, 0.717) is 5.78 Å². The molecule has 0 aliphatic rings. The van der Waals surface area contributed by atoms with Crippen LogP contribution >= 0.6 is 45.3 Å². The standard InChI is InChI=1S/C65H37NO2S4/c1-5-13-56-44(9-1)48-23-17-38(32-60(48)69-56)30-40(39-19-25-49-45-10-2-6-14-57(45)70-61(49)33-39)29-37-18-24-52-55(31-37)68-65-64(52)53-34-41(22-28-54(53)67-65)66(42-20-26-50-46-11-3-7-15-58(46)71-62(50)35-42)43-21-27-51-47-12-4-8-16-59(47)72-63(51)36-43/h1-28,30-36H,29H2/b40-30-. The number of anilines is 3. The van der Waals surface area contributed by atoms with E-state index in [1.165, 1.54) is 103 Å². The number of nitrogens with zero attached hydrogens (tertiary/aromatic N) is 1. The highest BCUT2D eigenvalue weighted by atomic mass is 32.1. The van der Waals surface area contributed by atoms with Gasteiger partial charge < -0.3 is 13.7 Å². The van der Waals surface area contributed by atoms with Crippen LogP contribution in [0.4, 0.5) is 17.1 Å². The van der Waals surface area contributed by atoms with Crippen LogP contribution in [0.5, 0.6) is 0 Å². The number of hydrogen-bond donors (Lipinski definition) is 0. The second-order valence-electron chi connectivity index (χ2n) is 18.8. The molecular weight excluding hydrogens is 955 g/mol. The van der Waals surface area contributed by atoms with Gasteiger partial charge in [-0.25, -0.2) is 0 Å². The molecule has 10 aromatic carbocycles. The first-order valence-electron chi connectivity index (χ1n) is 24.1. The number of benzene rings is 10. The second-order valence-corrected chi connectivity index (χ2v) is 23.1. The molecule has 0 radical (unpaired) electrons. The van der Waals surface area contributed by atoms with Crippen molar-refractivity contribution in [1.82, 2.24) is 0 Å². The van der Waals surface area contributed by atoms with Gasteiger partial charge >= 0.3 is 0 Å². The first-order chi connectivity index (χ1) is 35.6. The Hall–Kier alpha value is -8.04. The van der Waals surface area contributed by atoms with Crippen molar-refractivity contribution in [2.24, 2.45) is 0 Å². The summed E-state index contributed by atoms with van der Waals surface area (Å²) in [6, 6.07) is 75.9. The zero-order chi connectivity index (χ0) is 47.0. The van der Waals surface area contributed by atoms with Gasteiger partial charge in [0.15, 0.2) is 0 Å². The van der Waals surface area contributed by atoms with Crippen LogP contribution in [-0.4, -0.2) is 0 Å². The van der Waals surface area contributed by atoms with E-state index in [9.17, 15) is 0 Å². The highest BCUT2D eigenvalue weighted by molar-refractivity contribution is 7.27. The van der Waals surface area contributed by atoms with Crippen molar-refractivity contribution in [1.29, 1.82) is 0 Å². The monoisotopic (exact) mass is 991 g/mol. The maximum absolute atomic E-state index is 6.68. The average Bonchev–Trinajstić information content (AvgIpc) is 4.27. The van der Waals surface area contributed by atoms with Gasteiger partial charge in [-0.2, -0.15) is 0 Å². The summed E-state index contributed by atoms with van der Waals surface area (Å²) < 4.78 is 23.6. The molecule has 72 heavy (non-hydrogen) atoms. The highest BCUT2D eigenvalue weighted by Gasteiger charge is 2.22. The van der Waals surface area contributed by atoms with E-state index in [-0.39, 0.29) is 0 Å². The molecule has 7 heteroatoms. The average molecular weight is 992 g/mol. The predicted molar refractivity (Wildman–Crippen MR) is 314 cm³/mol. The van der Waals surface area contributed by atoms with Crippen molar-refractivity contribution in [2.75, 3.05) is 4.90 Å². The maximum atomic E-state index is 6.68.